The molecule has 0 aliphatic carbocycles. The zero-order chi connectivity index (χ0) is 17.4. The molecular formula is C18H16FN5O. The first-order chi connectivity index (χ1) is 12.2. The third-order valence-electron chi connectivity index (χ3n) is 4.14. The number of aromatic nitrogens is 1. The fourth-order valence-electron chi connectivity index (χ4n) is 2.99. The number of H-pyrrole nitrogens is 1. The quantitative estimate of drug-likeness (QED) is 0.722. The molecule has 3 aromatic rings. The molecular weight excluding hydrogens is 321 g/mol. The van der Waals surface area contributed by atoms with Gasteiger partial charge in [0.05, 0.1) is 0 Å². The number of nitrogens with one attached hydrogen (secondary N) is 2. The van der Waals surface area contributed by atoms with Crippen molar-refractivity contribution < 1.29 is 9.18 Å². The maximum absolute atomic E-state index is 14.0. The molecule has 0 unspecified atom stereocenters. The van der Waals surface area contributed by atoms with E-state index in [0.717, 1.165) is 22.3 Å². The number of carbonyl (C=O) groups excluding carboxylic acids is 1. The lowest BCUT2D eigenvalue weighted by atomic mass is 10.0. The number of amides is 1. The number of anilines is 1. The molecule has 25 heavy (non-hydrogen) atoms. The highest BCUT2D eigenvalue weighted by Crippen LogP contribution is 2.29. The van der Waals surface area contributed by atoms with Gasteiger partial charge in [-0.3, -0.25) is 20.0 Å². The van der Waals surface area contributed by atoms with Crippen molar-refractivity contribution in [2.24, 2.45) is 5.10 Å². The van der Waals surface area contributed by atoms with Crippen molar-refractivity contribution in [3.8, 4) is 11.1 Å². The Bertz CT molecular complexity index is 981. The summed E-state index contributed by atoms with van der Waals surface area (Å²) >= 11 is 0. The zero-order valence-corrected chi connectivity index (χ0v) is 13.5. The van der Waals surface area contributed by atoms with Crippen LogP contribution in [0.25, 0.3) is 22.0 Å². The van der Waals surface area contributed by atoms with Crippen LogP contribution in [-0.2, 0) is 4.79 Å². The number of hydrazone groups is 1. The molecule has 1 amide bonds. The summed E-state index contributed by atoms with van der Waals surface area (Å²) < 4.78 is 14.0. The Morgan fingerprint density at radius 3 is 2.88 bits per heavy atom. The Morgan fingerprint density at radius 1 is 1.24 bits per heavy atom. The minimum atomic E-state index is -0.251. The van der Waals surface area contributed by atoms with E-state index in [9.17, 15) is 9.18 Å². The van der Waals surface area contributed by atoms with Gasteiger partial charge in [-0.25, -0.2) is 4.39 Å². The molecule has 6 nitrogen and oxygen atoms in total. The number of hydrogen-bond donors (Lipinski definition) is 2. The van der Waals surface area contributed by atoms with Crippen molar-refractivity contribution in [2.45, 2.75) is 0 Å². The van der Waals surface area contributed by atoms with Gasteiger partial charge in [0.1, 0.15) is 18.3 Å². The second-order valence-corrected chi connectivity index (χ2v) is 5.85. The van der Waals surface area contributed by atoms with Gasteiger partial charge in [-0.1, -0.05) is 30.3 Å². The molecule has 7 heteroatoms. The van der Waals surface area contributed by atoms with Gasteiger partial charge < -0.3 is 4.98 Å². The molecule has 1 aliphatic heterocycles. The van der Waals surface area contributed by atoms with Crippen molar-refractivity contribution >= 4 is 29.1 Å². The summed E-state index contributed by atoms with van der Waals surface area (Å²) in [5.41, 5.74) is 2.25. The summed E-state index contributed by atoms with van der Waals surface area (Å²) in [6, 6.07) is 14.4. The summed E-state index contributed by atoms with van der Waals surface area (Å²) in [5, 5.41) is 9.56. The average molecular weight is 337 g/mol. The molecule has 4 rings (SSSR count). The second-order valence-electron chi connectivity index (χ2n) is 5.85. The Balaban J connectivity index is 1.73. The van der Waals surface area contributed by atoms with E-state index in [1.807, 2.05) is 42.3 Å². The number of carbonyl (C=O) groups is 1. The fourth-order valence-corrected chi connectivity index (χ4v) is 2.99. The van der Waals surface area contributed by atoms with Crippen LogP contribution < -0.4 is 10.2 Å². The number of rotatable bonds is 3. The predicted octanol–water partition coefficient (Wildman–Crippen LogP) is 2.70. The monoisotopic (exact) mass is 337 g/mol. The van der Waals surface area contributed by atoms with E-state index in [0.29, 0.717) is 24.6 Å². The summed E-state index contributed by atoms with van der Waals surface area (Å²) in [5.74, 6) is 1.01. The average Bonchev–Trinajstić information content (AvgIpc) is 3.18. The fraction of sp³-hybridized carbons (Fsp3) is 0.111. The lowest BCUT2D eigenvalue weighted by Crippen LogP contribution is -2.38. The molecule has 126 valence electrons. The number of hydrogen-bond acceptors (Lipinski definition) is 4. The van der Waals surface area contributed by atoms with Crippen LogP contribution in [0.2, 0.25) is 0 Å². The van der Waals surface area contributed by atoms with Crippen molar-refractivity contribution in [3.05, 3.63) is 54.3 Å². The molecule has 0 fully saturated rings. The van der Waals surface area contributed by atoms with Gasteiger partial charge in [-0.2, -0.15) is 0 Å². The number of fused-ring (bicyclic) bond motifs is 1. The summed E-state index contributed by atoms with van der Waals surface area (Å²) in [7, 11) is 1.82. The van der Waals surface area contributed by atoms with Crippen LogP contribution in [-0.4, -0.2) is 36.1 Å². The smallest absolute Gasteiger partial charge is 0.230 e. The standard InChI is InChI=1S/C18H16FN5O/c1-23-11-24(18(22-23)20-10-25)17-9-13-7-6-12(8-16(13)21-17)14-4-2-3-5-15(14)19/h2-10,21H,11H2,1H3,(H,20,22,25). The predicted molar refractivity (Wildman–Crippen MR) is 95.4 cm³/mol. The van der Waals surface area contributed by atoms with Gasteiger partial charge in [0.15, 0.2) is 0 Å². The molecule has 0 radical (unpaired) electrons. The van der Waals surface area contributed by atoms with E-state index in [2.05, 4.69) is 15.4 Å². The van der Waals surface area contributed by atoms with Crippen LogP contribution in [0, 0.1) is 5.82 Å². The van der Waals surface area contributed by atoms with E-state index in [4.69, 9.17) is 0 Å². The first-order valence-electron chi connectivity index (χ1n) is 7.81. The van der Waals surface area contributed by atoms with Crippen LogP contribution in [0.3, 0.4) is 0 Å². The van der Waals surface area contributed by atoms with Crippen LogP contribution >= 0.6 is 0 Å². The van der Waals surface area contributed by atoms with Gasteiger partial charge in [0.2, 0.25) is 12.4 Å². The van der Waals surface area contributed by atoms with E-state index in [-0.39, 0.29) is 5.82 Å². The molecule has 0 spiro atoms. The number of benzene rings is 2. The molecule has 0 saturated heterocycles. The molecule has 1 aromatic heterocycles. The van der Waals surface area contributed by atoms with Crippen molar-refractivity contribution in [1.29, 1.82) is 0 Å². The summed E-state index contributed by atoms with van der Waals surface area (Å²) in [6.45, 7) is 0.517. The Hall–Kier alpha value is -3.35. The highest BCUT2D eigenvalue weighted by Gasteiger charge is 2.23. The molecule has 1 aliphatic rings. The Morgan fingerprint density at radius 2 is 2.08 bits per heavy atom. The van der Waals surface area contributed by atoms with Crippen LogP contribution in [0.1, 0.15) is 0 Å². The lowest BCUT2D eigenvalue weighted by molar-refractivity contribution is -0.108. The first-order valence-corrected chi connectivity index (χ1v) is 7.81. The lowest BCUT2D eigenvalue weighted by Gasteiger charge is -2.17. The number of guanidine groups is 1. The maximum Gasteiger partial charge on any atom is 0.230 e. The minimum Gasteiger partial charge on any atom is -0.341 e. The molecule has 0 saturated carbocycles. The third-order valence-corrected chi connectivity index (χ3v) is 4.14. The highest BCUT2D eigenvalue weighted by atomic mass is 19.1. The number of nitrogens with zero attached hydrogens (tertiary/aromatic N) is 3. The van der Waals surface area contributed by atoms with E-state index in [1.165, 1.54) is 6.07 Å². The van der Waals surface area contributed by atoms with E-state index < -0.39 is 0 Å². The van der Waals surface area contributed by atoms with Gasteiger partial charge in [0.25, 0.3) is 0 Å². The number of aromatic amines is 1. The van der Waals surface area contributed by atoms with Crippen LogP contribution in [0.15, 0.2) is 53.6 Å². The van der Waals surface area contributed by atoms with Gasteiger partial charge in [0, 0.05) is 23.5 Å². The Kier molecular flexibility index (Phi) is 3.61. The largest absolute Gasteiger partial charge is 0.341 e. The maximum atomic E-state index is 14.0. The SMILES string of the molecule is CN1CN(c2cc3ccc(-c4ccccc4F)cc3[nH]2)C(NC=O)=N1. The van der Waals surface area contributed by atoms with E-state index in [1.54, 1.807) is 17.1 Å². The first kappa shape index (κ1) is 15.2. The van der Waals surface area contributed by atoms with Gasteiger partial charge in [-0.05, 0) is 23.8 Å². The Labute approximate surface area is 143 Å². The summed E-state index contributed by atoms with van der Waals surface area (Å²) in [4.78, 5) is 15.9. The molecule has 0 bridgehead atoms. The number of halogens is 1. The van der Waals surface area contributed by atoms with Gasteiger partial charge in [-0.15, -0.1) is 5.10 Å². The second kappa shape index (κ2) is 5.94. The topological polar surface area (TPSA) is 63.7 Å². The minimum absolute atomic E-state index is 0.251. The molecule has 2 aromatic carbocycles. The normalized spacial score (nSPS) is 14.1. The molecule has 0 atom stereocenters. The molecule has 2 heterocycles. The third kappa shape index (κ3) is 2.69. The van der Waals surface area contributed by atoms with Crippen LogP contribution in [0.4, 0.5) is 10.2 Å². The van der Waals surface area contributed by atoms with Crippen molar-refractivity contribution in [3.63, 3.8) is 0 Å². The van der Waals surface area contributed by atoms with Crippen molar-refractivity contribution in [1.82, 2.24) is 15.3 Å². The van der Waals surface area contributed by atoms with Gasteiger partial charge >= 0.3 is 0 Å². The molecule has 2 N–H and O–H groups in total. The van der Waals surface area contributed by atoms with E-state index >= 15 is 0 Å². The zero-order valence-electron chi connectivity index (χ0n) is 13.5. The highest BCUT2D eigenvalue weighted by molar-refractivity contribution is 6.03. The van der Waals surface area contributed by atoms with Crippen molar-refractivity contribution in [2.75, 3.05) is 18.6 Å². The van der Waals surface area contributed by atoms with Crippen LogP contribution in [0.5, 0.6) is 0 Å². The summed E-state index contributed by atoms with van der Waals surface area (Å²) in [6.07, 6.45) is 0.601.